The van der Waals surface area contributed by atoms with E-state index in [1.54, 1.807) is 55.1 Å². The predicted molar refractivity (Wildman–Crippen MR) is 152 cm³/mol. The van der Waals surface area contributed by atoms with Crippen LogP contribution in [0, 0.1) is 5.82 Å². The van der Waals surface area contributed by atoms with Crippen LogP contribution in [0.3, 0.4) is 0 Å². The van der Waals surface area contributed by atoms with Crippen molar-refractivity contribution in [1.29, 1.82) is 0 Å². The molecule has 192 valence electrons. The molecule has 0 unspecified atom stereocenters. The number of halogens is 1. The maximum absolute atomic E-state index is 14.6. The van der Waals surface area contributed by atoms with Gasteiger partial charge in [0.15, 0.2) is 0 Å². The summed E-state index contributed by atoms with van der Waals surface area (Å²) in [6.45, 7) is 0. The van der Waals surface area contributed by atoms with Gasteiger partial charge in [-0.1, -0.05) is 30.3 Å². The molecular formula is C31H20FN7O. The second-order valence-corrected chi connectivity index (χ2v) is 9.25. The van der Waals surface area contributed by atoms with E-state index in [9.17, 15) is 9.18 Å². The van der Waals surface area contributed by atoms with Gasteiger partial charge in [0, 0.05) is 45.4 Å². The molecule has 0 radical (unpaired) electrons. The number of H-pyrrole nitrogens is 2. The molecule has 1 amide bonds. The van der Waals surface area contributed by atoms with Gasteiger partial charge in [0.25, 0.3) is 5.91 Å². The Hall–Kier alpha value is -5.70. The molecule has 9 heteroatoms. The summed E-state index contributed by atoms with van der Waals surface area (Å²) in [6.07, 6.45) is 6.66. The number of carbonyl (C=O) groups excluding carboxylic acids is 1. The number of hydrogen-bond acceptors (Lipinski definition) is 5. The molecule has 8 nitrogen and oxygen atoms in total. The predicted octanol–water partition coefficient (Wildman–Crippen LogP) is 6.62. The fourth-order valence-electron chi connectivity index (χ4n) is 4.77. The third-order valence-corrected chi connectivity index (χ3v) is 6.71. The molecule has 0 saturated carbocycles. The molecule has 7 aromatic rings. The number of aromatic amines is 2. The summed E-state index contributed by atoms with van der Waals surface area (Å²) in [5, 5.41) is 12.1. The molecule has 5 aromatic heterocycles. The van der Waals surface area contributed by atoms with Crippen molar-refractivity contribution in [3.63, 3.8) is 0 Å². The van der Waals surface area contributed by atoms with Gasteiger partial charge in [0.2, 0.25) is 0 Å². The number of anilines is 1. The zero-order chi connectivity index (χ0) is 27.1. The van der Waals surface area contributed by atoms with E-state index in [0.29, 0.717) is 33.9 Å². The molecule has 0 fully saturated rings. The summed E-state index contributed by atoms with van der Waals surface area (Å²) < 4.78 is 14.6. The van der Waals surface area contributed by atoms with E-state index in [-0.39, 0.29) is 11.7 Å². The number of rotatable bonds is 5. The molecule has 0 saturated heterocycles. The van der Waals surface area contributed by atoms with Gasteiger partial charge in [-0.25, -0.2) is 4.39 Å². The second kappa shape index (κ2) is 9.55. The van der Waals surface area contributed by atoms with Gasteiger partial charge in [0.05, 0.1) is 40.7 Å². The lowest BCUT2D eigenvalue weighted by Gasteiger charge is -2.07. The fraction of sp³-hybridized carbons (Fsp3) is 0. The Morgan fingerprint density at radius 3 is 2.50 bits per heavy atom. The molecule has 40 heavy (non-hydrogen) atoms. The third kappa shape index (κ3) is 4.15. The number of fused-ring (bicyclic) bond motifs is 2. The smallest absolute Gasteiger partial charge is 0.255 e. The van der Waals surface area contributed by atoms with Crippen LogP contribution in [0.1, 0.15) is 10.4 Å². The van der Waals surface area contributed by atoms with Crippen LogP contribution in [0.4, 0.5) is 10.1 Å². The standard InChI is InChI=1S/C31H20FN7O/c32-24-9-5-4-8-21(24)29-22-14-27(37-25(22)10-11-34-29)30-23-13-26(35-17-28(23)38-39-30)19-12-20(16-33-15-19)36-31(40)18-6-2-1-3-7-18/h1-17,37H,(H,36,40)(H,38,39). The van der Waals surface area contributed by atoms with Gasteiger partial charge in [-0.3, -0.25) is 24.8 Å². The number of amides is 1. The molecule has 3 N–H and O–H groups in total. The number of hydrogen-bond donors (Lipinski definition) is 3. The van der Waals surface area contributed by atoms with Crippen molar-refractivity contribution in [3.8, 4) is 33.9 Å². The first-order valence-corrected chi connectivity index (χ1v) is 12.5. The minimum absolute atomic E-state index is 0.219. The Balaban J connectivity index is 1.26. The number of nitrogens with one attached hydrogen (secondary N) is 3. The maximum atomic E-state index is 14.6. The average Bonchev–Trinajstić information content (AvgIpc) is 3.62. The minimum Gasteiger partial charge on any atom is -0.353 e. The molecule has 0 spiro atoms. The highest BCUT2D eigenvalue weighted by molar-refractivity contribution is 6.04. The quantitative estimate of drug-likeness (QED) is 0.234. The summed E-state index contributed by atoms with van der Waals surface area (Å²) in [7, 11) is 0. The minimum atomic E-state index is -0.331. The molecule has 7 rings (SSSR count). The van der Waals surface area contributed by atoms with Crippen LogP contribution < -0.4 is 5.32 Å². The molecule has 0 atom stereocenters. The molecule has 5 heterocycles. The Bertz CT molecular complexity index is 2030. The zero-order valence-corrected chi connectivity index (χ0v) is 20.9. The van der Waals surface area contributed by atoms with Crippen molar-refractivity contribution in [1.82, 2.24) is 30.1 Å². The summed E-state index contributed by atoms with van der Waals surface area (Å²) in [5.41, 5.74) is 6.54. The van der Waals surface area contributed by atoms with E-state index >= 15 is 0 Å². The average molecular weight is 526 g/mol. The van der Waals surface area contributed by atoms with Crippen molar-refractivity contribution in [3.05, 3.63) is 115 Å². The monoisotopic (exact) mass is 525 g/mol. The number of aromatic nitrogens is 6. The lowest BCUT2D eigenvalue weighted by atomic mass is 10.1. The fourth-order valence-corrected chi connectivity index (χ4v) is 4.77. The van der Waals surface area contributed by atoms with Crippen LogP contribution in [0.2, 0.25) is 0 Å². The van der Waals surface area contributed by atoms with E-state index in [4.69, 9.17) is 0 Å². The first-order chi connectivity index (χ1) is 19.6. The van der Waals surface area contributed by atoms with Crippen molar-refractivity contribution >= 4 is 33.4 Å². The van der Waals surface area contributed by atoms with Gasteiger partial charge in [-0.15, -0.1) is 0 Å². The van der Waals surface area contributed by atoms with Crippen molar-refractivity contribution in [2.24, 2.45) is 0 Å². The van der Waals surface area contributed by atoms with Gasteiger partial charge in [-0.2, -0.15) is 5.10 Å². The zero-order valence-electron chi connectivity index (χ0n) is 20.9. The molecule has 0 aliphatic rings. The maximum Gasteiger partial charge on any atom is 0.255 e. The normalized spacial score (nSPS) is 11.2. The van der Waals surface area contributed by atoms with Crippen LogP contribution >= 0.6 is 0 Å². The van der Waals surface area contributed by atoms with Crippen molar-refractivity contribution < 1.29 is 9.18 Å². The molecule has 0 bridgehead atoms. The third-order valence-electron chi connectivity index (χ3n) is 6.71. The number of pyridine rings is 3. The van der Waals surface area contributed by atoms with E-state index in [2.05, 4.69) is 35.5 Å². The lowest BCUT2D eigenvalue weighted by molar-refractivity contribution is 0.102. The first-order valence-electron chi connectivity index (χ1n) is 12.5. The summed E-state index contributed by atoms with van der Waals surface area (Å²) in [4.78, 5) is 29.4. The molecular weight excluding hydrogens is 505 g/mol. The Labute approximate surface area is 227 Å². The highest BCUT2D eigenvalue weighted by atomic mass is 19.1. The van der Waals surface area contributed by atoms with Gasteiger partial charge >= 0.3 is 0 Å². The van der Waals surface area contributed by atoms with Gasteiger partial charge in [-0.05, 0) is 48.5 Å². The van der Waals surface area contributed by atoms with Gasteiger partial charge in [0.1, 0.15) is 11.5 Å². The Morgan fingerprint density at radius 1 is 0.800 bits per heavy atom. The highest BCUT2D eigenvalue weighted by Gasteiger charge is 2.17. The van der Waals surface area contributed by atoms with Crippen molar-refractivity contribution in [2.75, 3.05) is 5.32 Å². The Morgan fingerprint density at radius 2 is 1.62 bits per heavy atom. The topological polar surface area (TPSA) is 112 Å². The van der Waals surface area contributed by atoms with Crippen molar-refractivity contribution in [2.45, 2.75) is 0 Å². The van der Waals surface area contributed by atoms with E-state index in [1.165, 1.54) is 6.07 Å². The summed E-state index contributed by atoms with van der Waals surface area (Å²) >= 11 is 0. The van der Waals surface area contributed by atoms with E-state index in [0.717, 1.165) is 33.1 Å². The van der Waals surface area contributed by atoms with Crippen LogP contribution in [-0.2, 0) is 0 Å². The highest BCUT2D eigenvalue weighted by Crippen LogP contribution is 2.34. The van der Waals surface area contributed by atoms with Crippen LogP contribution in [0.25, 0.3) is 55.7 Å². The summed E-state index contributed by atoms with van der Waals surface area (Å²) in [5.74, 6) is -0.551. The number of nitrogens with zero attached hydrogens (tertiary/aromatic N) is 4. The SMILES string of the molecule is O=C(Nc1cncc(-c2cc3c(-c4cc5c(-c6ccccc6F)nccc5[nH]4)n[nH]c3cn2)c1)c1ccccc1. The van der Waals surface area contributed by atoms with E-state index in [1.807, 2.05) is 42.5 Å². The number of carbonyl (C=O) groups is 1. The second-order valence-electron chi connectivity index (χ2n) is 9.25. The van der Waals surface area contributed by atoms with Crippen LogP contribution in [0.5, 0.6) is 0 Å². The first kappa shape index (κ1) is 23.4. The van der Waals surface area contributed by atoms with Gasteiger partial charge < -0.3 is 10.3 Å². The molecule has 0 aliphatic carbocycles. The summed E-state index contributed by atoms with van der Waals surface area (Å²) in [6, 6.07) is 23.1. The number of benzene rings is 2. The molecule has 0 aliphatic heterocycles. The van der Waals surface area contributed by atoms with Crippen LogP contribution in [0.15, 0.2) is 104 Å². The van der Waals surface area contributed by atoms with E-state index < -0.39 is 0 Å². The van der Waals surface area contributed by atoms with Crippen LogP contribution in [-0.4, -0.2) is 36.0 Å². The lowest BCUT2D eigenvalue weighted by Crippen LogP contribution is -2.11. The Kier molecular flexibility index (Phi) is 5.59. The largest absolute Gasteiger partial charge is 0.353 e. The molecule has 2 aromatic carbocycles.